The molecule has 5 nitrogen and oxygen atoms in total. The maximum atomic E-state index is 5.67. The van der Waals surface area contributed by atoms with Gasteiger partial charge in [0, 0.05) is 30.8 Å². The van der Waals surface area contributed by atoms with Crippen LogP contribution in [-0.2, 0) is 0 Å². The Hall–Kier alpha value is -2.73. The van der Waals surface area contributed by atoms with Crippen molar-refractivity contribution < 1.29 is 0 Å². The summed E-state index contributed by atoms with van der Waals surface area (Å²) in [6.07, 6.45) is 6.82. The number of rotatable bonds is 5. The van der Waals surface area contributed by atoms with Crippen LogP contribution in [-0.4, -0.2) is 31.1 Å². The fraction of sp³-hybridized carbons (Fsp3) is 0.286. The minimum atomic E-state index is 0.00403. The van der Waals surface area contributed by atoms with Gasteiger partial charge in [0.2, 0.25) is 0 Å². The van der Waals surface area contributed by atoms with Gasteiger partial charge in [-0.2, -0.15) is 0 Å². The molecule has 3 aromatic rings. The average Bonchev–Trinajstić information content (AvgIpc) is 3.28. The summed E-state index contributed by atoms with van der Waals surface area (Å²) in [6, 6.07) is 14.4. The molecule has 1 saturated heterocycles. The first-order valence-electron chi connectivity index (χ1n) is 9.27. The lowest BCUT2D eigenvalue weighted by Gasteiger charge is -2.28. The predicted octanol–water partition coefficient (Wildman–Crippen LogP) is 3.96. The maximum absolute atomic E-state index is 5.67. The molecule has 1 aliphatic rings. The van der Waals surface area contributed by atoms with Gasteiger partial charge in [-0.15, -0.1) is 0 Å². The van der Waals surface area contributed by atoms with Gasteiger partial charge in [0.1, 0.15) is 5.82 Å². The van der Waals surface area contributed by atoms with Crippen molar-refractivity contribution in [2.75, 3.05) is 6.54 Å². The topological polar surface area (TPSA) is 46.0 Å². The van der Waals surface area contributed by atoms with Crippen molar-refractivity contribution in [3.8, 4) is 5.82 Å². The normalized spacial score (nSPS) is 19.3. The molecule has 0 amide bonds. The largest absolute Gasteiger partial charge is 0.352 e. The van der Waals surface area contributed by atoms with E-state index in [1.807, 2.05) is 31.5 Å². The molecule has 0 bridgehead atoms. The number of nitrogens with one attached hydrogen (secondary N) is 1. The van der Waals surface area contributed by atoms with E-state index in [2.05, 4.69) is 68.2 Å². The summed E-state index contributed by atoms with van der Waals surface area (Å²) in [4.78, 5) is 11.5. The highest BCUT2D eigenvalue weighted by molar-refractivity contribution is 7.80. The van der Waals surface area contributed by atoms with Gasteiger partial charge in [-0.3, -0.25) is 4.98 Å². The smallest absolute Gasteiger partial charge is 0.170 e. The van der Waals surface area contributed by atoms with Gasteiger partial charge in [-0.25, -0.2) is 4.98 Å². The summed E-state index contributed by atoms with van der Waals surface area (Å²) < 4.78 is 2.15. The third kappa shape index (κ3) is 3.32. The van der Waals surface area contributed by atoms with Crippen molar-refractivity contribution in [3.63, 3.8) is 0 Å². The van der Waals surface area contributed by atoms with Gasteiger partial charge in [-0.1, -0.05) is 19.1 Å². The minimum absolute atomic E-state index is 0.00403. The van der Waals surface area contributed by atoms with Crippen LogP contribution in [0.3, 0.4) is 0 Å². The number of hydrogen-bond donors (Lipinski definition) is 1. The van der Waals surface area contributed by atoms with Gasteiger partial charge in [-0.05, 0) is 61.5 Å². The monoisotopic (exact) mass is 377 g/mol. The van der Waals surface area contributed by atoms with Crippen molar-refractivity contribution >= 4 is 17.3 Å². The van der Waals surface area contributed by atoms with E-state index in [4.69, 9.17) is 12.2 Å². The van der Waals surface area contributed by atoms with Crippen molar-refractivity contribution in [2.45, 2.75) is 32.4 Å². The molecule has 4 rings (SSSR count). The van der Waals surface area contributed by atoms with Crippen LogP contribution < -0.4 is 5.32 Å². The Morgan fingerprint density at radius 1 is 1.11 bits per heavy atom. The van der Waals surface area contributed by atoms with Crippen LogP contribution in [0.25, 0.3) is 5.82 Å². The molecule has 138 valence electrons. The van der Waals surface area contributed by atoms with Crippen LogP contribution in [0.2, 0.25) is 0 Å². The van der Waals surface area contributed by atoms with Crippen LogP contribution in [0.4, 0.5) is 0 Å². The zero-order valence-electron chi connectivity index (χ0n) is 15.5. The number of pyridine rings is 2. The molecule has 0 radical (unpaired) electrons. The Morgan fingerprint density at radius 3 is 2.70 bits per heavy atom. The molecule has 1 aliphatic heterocycles. The standard InChI is InChI=1S/C21H23N5S/c1-3-12-26-20(19(24-21(26)27)16-7-4-5-11-22-16)17-8-6-13-25(17)18-10-9-15(2)14-23-18/h4-11,13-14,19-20H,3,12H2,1-2H3,(H,24,27)/t19-,20-/m1/s1. The maximum Gasteiger partial charge on any atom is 0.170 e. The summed E-state index contributed by atoms with van der Waals surface area (Å²) >= 11 is 5.67. The highest BCUT2D eigenvalue weighted by atomic mass is 32.1. The molecule has 1 fully saturated rings. The quantitative estimate of drug-likeness (QED) is 0.682. The molecular weight excluding hydrogens is 354 g/mol. The fourth-order valence-electron chi connectivity index (χ4n) is 3.66. The Labute approximate surface area is 165 Å². The van der Waals surface area contributed by atoms with Crippen molar-refractivity contribution in [1.82, 2.24) is 24.8 Å². The SMILES string of the molecule is CCCN1C(=S)N[C@H](c2ccccn2)[C@H]1c1cccn1-c1ccc(C)cn1. The van der Waals surface area contributed by atoms with Crippen molar-refractivity contribution in [3.05, 3.63) is 78.0 Å². The molecular formula is C21H23N5S. The number of aromatic nitrogens is 3. The Kier molecular flexibility index (Phi) is 4.90. The van der Waals surface area contributed by atoms with E-state index in [0.717, 1.165) is 40.8 Å². The Balaban J connectivity index is 1.80. The van der Waals surface area contributed by atoms with Gasteiger partial charge in [0.15, 0.2) is 5.11 Å². The molecule has 1 N–H and O–H groups in total. The van der Waals surface area contributed by atoms with Crippen LogP contribution in [0.1, 0.15) is 42.4 Å². The van der Waals surface area contributed by atoms with Crippen molar-refractivity contribution in [2.24, 2.45) is 0 Å². The van der Waals surface area contributed by atoms with Crippen LogP contribution in [0, 0.1) is 6.92 Å². The summed E-state index contributed by atoms with van der Waals surface area (Å²) in [7, 11) is 0. The second-order valence-electron chi connectivity index (χ2n) is 6.82. The Bertz CT molecular complexity index is 919. The van der Waals surface area contributed by atoms with Crippen LogP contribution in [0.5, 0.6) is 0 Å². The number of hydrogen-bond acceptors (Lipinski definition) is 3. The van der Waals surface area contributed by atoms with E-state index in [-0.39, 0.29) is 12.1 Å². The second-order valence-corrected chi connectivity index (χ2v) is 7.20. The molecule has 27 heavy (non-hydrogen) atoms. The molecule has 0 saturated carbocycles. The van der Waals surface area contributed by atoms with Gasteiger partial charge in [0.05, 0.1) is 17.8 Å². The molecule has 2 atom stereocenters. The van der Waals surface area contributed by atoms with E-state index in [0.29, 0.717) is 0 Å². The van der Waals surface area contributed by atoms with E-state index >= 15 is 0 Å². The molecule has 0 aliphatic carbocycles. The van der Waals surface area contributed by atoms with Crippen molar-refractivity contribution in [1.29, 1.82) is 0 Å². The van der Waals surface area contributed by atoms with E-state index in [1.54, 1.807) is 0 Å². The van der Waals surface area contributed by atoms with Crippen LogP contribution in [0.15, 0.2) is 61.1 Å². The molecule has 4 heterocycles. The fourth-order valence-corrected chi connectivity index (χ4v) is 3.99. The van der Waals surface area contributed by atoms with Gasteiger partial charge >= 0.3 is 0 Å². The first-order chi connectivity index (χ1) is 13.2. The zero-order valence-corrected chi connectivity index (χ0v) is 16.4. The van der Waals surface area contributed by atoms with Crippen LogP contribution >= 0.6 is 12.2 Å². The lowest BCUT2D eigenvalue weighted by atomic mass is 10.0. The first-order valence-corrected chi connectivity index (χ1v) is 9.68. The molecule has 0 unspecified atom stereocenters. The highest BCUT2D eigenvalue weighted by Gasteiger charge is 2.40. The minimum Gasteiger partial charge on any atom is -0.352 e. The lowest BCUT2D eigenvalue weighted by molar-refractivity contribution is 0.308. The zero-order chi connectivity index (χ0) is 18.8. The Morgan fingerprint density at radius 2 is 2.00 bits per heavy atom. The van der Waals surface area contributed by atoms with Gasteiger partial charge < -0.3 is 14.8 Å². The molecule has 0 spiro atoms. The first kappa shape index (κ1) is 17.7. The molecule has 3 aromatic heterocycles. The number of nitrogens with zero attached hydrogens (tertiary/aromatic N) is 4. The van der Waals surface area contributed by atoms with E-state index < -0.39 is 0 Å². The van der Waals surface area contributed by atoms with E-state index in [1.165, 1.54) is 0 Å². The van der Waals surface area contributed by atoms with E-state index in [9.17, 15) is 0 Å². The third-order valence-electron chi connectivity index (χ3n) is 4.89. The van der Waals surface area contributed by atoms with Gasteiger partial charge in [0.25, 0.3) is 0 Å². The predicted molar refractivity (Wildman–Crippen MR) is 111 cm³/mol. The number of aryl methyl sites for hydroxylation is 1. The molecule has 0 aromatic carbocycles. The number of thiocarbonyl (C=S) groups is 1. The second kappa shape index (κ2) is 7.48. The summed E-state index contributed by atoms with van der Waals surface area (Å²) in [5.41, 5.74) is 3.30. The molecule has 6 heteroatoms. The third-order valence-corrected chi connectivity index (χ3v) is 5.24. The average molecular weight is 378 g/mol. The summed E-state index contributed by atoms with van der Waals surface area (Å²) in [5, 5.41) is 4.27. The highest BCUT2D eigenvalue weighted by Crippen LogP contribution is 2.39. The summed E-state index contributed by atoms with van der Waals surface area (Å²) in [6.45, 7) is 5.12. The summed E-state index contributed by atoms with van der Waals surface area (Å²) in [5.74, 6) is 0.912. The lowest BCUT2D eigenvalue weighted by Crippen LogP contribution is -2.31.